The molecule has 1 N–H and O–H groups in total. The van der Waals surface area contributed by atoms with Gasteiger partial charge in [-0.25, -0.2) is 4.68 Å². The van der Waals surface area contributed by atoms with Crippen LogP contribution in [0.4, 0.5) is 5.95 Å². The Bertz CT molecular complexity index is 978. The zero-order valence-corrected chi connectivity index (χ0v) is 14.1. The molecule has 0 unspecified atom stereocenters. The van der Waals surface area contributed by atoms with Crippen molar-refractivity contribution in [1.29, 1.82) is 0 Å². The molecule has 26 heavy (non-hydrogen) atoms. The molecule has 0 amide bonds. The molecule has 1 aliphatic carbocycles. The molecular formula is C21H18N4O. The van der Waals surface area contributed by atoms with Crippen molar-refractivity contribution < 1.29 is 4.79 Å². The third-order valence-electron chi connectivity index (χ3n) is 5.26. The largest absolute Gasteiger partial charge is 0.328 e. The maximum Gasteiger partial charge on any atom is 0.226 e. The Morgan fingerprint density at radius 3 is 2.38 bits per heavy atom. The molecule has 0 bridgehead atoms. The smallest absolute Gasteiger partial charge is 0.226 e. The Labute approximate surface area is 151 Å². The van der Waals surface area contributed by atoms with Crippen molar-refractivity contribution in [3.63, 3.8) is 0 Å². The van der Waals surface area contributed by atoms with Crippen molar-refractivity contribution in [1.82, 2.24) is 14.8 Å². The number of fused-ring (bicyclic) bond motifs is 2. The lowest BCUT2D eigenvalue weighted by Gasteiger charge is -2.38. The van der Waals surface area contributed by atoms with Crippen LogP contribution in [0.25, 0.3) is 0 Å². The van der Waals surface area contributed by atoms with Crippen molar-refractivity contribution in [2.45, 2.75) is 18.4 Å². The van der Waals surface area contributed by atoms with Crippen molar-refractivity contribution in [3.8, 4) is 0 Å². The summed E-state index contributed by atoms with van der Waals surface area (Å²) in [6.45, 7) is 0. The average Bonchev–Trinajstić information content (AvgIpc) is 3.15. The number of nitrogens with one attached hydrogen (secondary N) is 1. The minimum atomic E-state index is -0.258. The van der Waals surface area contributed by atoms with Gasteiger partial charge in [0.15, 0.2) is 0 Å². The molecule has 0 radical (unpaired) electrons. The molecule has 2 aromatic carbocycles. The van der Waals surface area contributed by atoms with Gasteiger partial charge < -0.3 is 5.32 Å². The Morgan fingerprint density at radius 1 is 0.962 bits per heavy atom. The number of allylic oxidation sites excluding steroid dienone is 2. The third kappa shape index (κ3) is 2.36. The Hall–Kier alpha value is -3.21. The molecule has 0 saturated heterocycles. The molecule has 0 spiro atoms. The molecule has 1 aromatic heterocycles. The maximum absolute atomic E-state index is 13.2. The van der Waals surface area contributed by atoms with Gasteiger partial charge in [-0.2, -0.15) is 10.1 Å². The lowest BCUT2D eigenvalue weighted by atomic mass is 9.76. The fraction of sp³-hybridized carbons (Fsp3) is 0.190. The molecule has 3 aromatic rings. The van der Waals surface area contributed by atoms with E-state index in [4.69, 9.17) is 0 Å². The van der Waals surface area contributed by atoms with Crippen molar-refractivity contribution in [2.24, 2.45) is 5.92 Å². The van der Waals surface area contributed by atoms with E-state index in [2.05, 4.69) is 45.7 Å². The number of anilines is 1. The molecule has 1 aliphatic heterocycles. The Balaban J connectivity index is 1.63. The van der Waals surface area contributed by atoms with Crippen LogP contribution in [0.15, 0.2) is 78.8 Å². The van der Waals surface area contributed by atoms with E-state index in [1.807, 2.05) is 41.1 Å². The summed E-state index contributed by atoms with van der Waals surface area (Å²) in [6.07, 6.45) is 4.23. The number of Topliss-reactive ketones (excluding diaryl/α,β-unsaturated/α-hetero) is 1. The summed E-state index contributed by atoms with van der Waals surface area (Å²) >= 11 is 0. The van der Waals surface area contributed by atoms with Gasteiger partial charge in [-0.3, -0.25) is 4.79 Å². The quantitative estimate of drug-likeness (QED) is 0.774. The summed E-state index contributed by atoms with van der Waals surface area (Å²) in [6, 6.07) is 20.1. The molecule has 128 valence electrons. The van der Waals surface area contributed by atoms with E-state index >= 15 is 0 Å². The van der Waals surface area contributed by atoms with Crippen LogP contribution in [0.2, 0.25) is 0 Å². The Kier molecular flexibility index (Phi) is 3.45. The fourth-order valence-corrected chi connectivity index (χ4v) is 4.07. The van der Waals surface area contributed by atoms with Gasteiger partial charge in [0.2, 0.25) is 5.95 Å². The van der Waals surface area contributed by atoms with Crippen LogP contribution in [0, 0.1) is 5.92 Å². The molecule has 5 rings (SSSR count). The predicted molar refractivity (Wildman–Crippen MR) is 98.6 cm³/mol. The molecule has 2 aliphatic rings. The molecule has 0 saturated carbocycles. The number of carbonyl (C=O) groups is 1. The zero-order chi connectivity index (χ0) is 17.5. The summed E-state index contributed by atoms with van der Waals surface area (Å²) in [5, 5.41) is 7.72. The first-order valence-corrected chi connectivity index (χ1v) is 8.82. The number of aromatic nitrogens is 3. The van der Waals surface area contributed by atoms with Gasteiger partial charge in [0, 0.05) is 18.0 Å². The van der Waals surface area contributed by atoms with Crippen LogP contribution in [0.5, 0.6) is 0 Å². The molecule has 5 heteroatoms. The summed E-state index contributed by atoms with van der Waals surface area (Å²) < 4.78 is 1.83. The topological polar surface area (TPSA) is 59.8 Å². The average molecular weight is 342 g/mol. The highest BCUT2D eigenvalue weighted by Crippen LogP contribution is 2.43. The summed E-state index contributed by atoms with van der Waals surface area (Å²) in [5.41, 5.74) is 3.17. The highest BCUT2D eigenvalue weighted by molar-refractivity contribution is 5.88. The normalized spacial score (nSPS) is 24.2. The fourth-order valence-electron chi connectivity index (χ4n) is 4.07. The number of carbonyl (C=O) groups excluding carboxylic acids is 1. The highest BCUT2D eigenvalue weighted by atomic mass is 16.1. The van der Waals surface area contributed by atoms with Crippen LogP contribution in [-0.2, 0) is 4.79 Å². The SMILES string of the molecule is O=C1C[C@@H](c2ccccc2)C=C2Nc3ncnn3[C@@H](c3ccccc3)[C@H]12. The lowest BCUT2D eigenvalue weighted by molar-refractivity contribution is -0.123. The molecule has 2 heterocycles. The second-order valence-electron chi connectivity index (χ2n) is 6.80. The van der Waals surface area contributed by atoms with Gasteiger partial charge in [0.1, 0.15) is 12.1 Å². The molecule has 3 atom stereocenters. The minimum absolute atomic E-state index is 0.0911. The van der Waals surface area contributed by atoms with E-state index in [-0.39, 0.29) is 23.7 Å². The van der Waals surface area contributed by atoms with Gasteiger partial charge in [-0.1, -0.05) is 66.7 Å². The summed E-state index contributed by atoms with van der Waals surface area (Å²) in [5.74, 6) is 0.752. The molecule has 0 fully saturated rings. The third-order valence-corrected chi connectivity index (χ3v) is 5.26. The predicted octanol–water partition coefficient (Wildman–Crippen LogP) is 3.55. The highest BCUT2D eigenvalue weighted by Gasteiger charge is 2.43. The number of hydrogen-bond acceptors (Lipinski definition) is 4. The van der Waals surface area contributed by atoms with Crippen LogP contribution in [0.1, 0.15) is 29.5 Å². The zero-order valence-electron chi connectivity index (χ0n) is 14.1. The van der Waals surface area contributed by atoms with Crippen LogP contribution in [-0.4, -0.2) is 20.5 Å². The number of hydrogen-bond donors (Lipinski definition) is 1. The minimum Gasteiger partial charge on any atom is -0.328 e. The second kappa shape index (κ2) is 5.95. The first-order valence-electron chi connectivity index (χ1n) is 8.82. The van der Waals surface area contributed by atoms with E-state index in [1.165, 1.54) is 6.33 Å². The first-order chi connectivity index (χ1) is 12.8. The molecule has 5 nitrogen and oxygen atoms in total. The standard InChI is InChI=1S/C21H18N4O/c26-18-12-16(14-7-3-1-4-8-14)11-17-19(18)20(15-9-5-2-6-10-15)25-21(24-17)22-13-23-25/h1-11,13,16,19-20H,12H2,(H,22,23,24)/t16-,19-,20-/m0/s1. The van der Waals surface area contributed by atoms with Crippen molar-refractivity contribution in [2.75, 3.05) is 5.32 Å². The van der Waals surface area contributed by atoms with Gasteiger partial charge in [-0.15, -0.1) is 0 Å². The monoisotopic (exact) mass is 342 g/mol. The van der Waals surface area contributed by atoms with Gasteiger partial charge in [0.05, 0.1) is 12.0 Å². The maximum atomic E-state index is 13.2. The molecular weight excluding hydrogens is 324 g/mol. The van der Waals surface area contributed by atoms with Crippen molar-refractivity contribution in [3.05, 3.63) is 89.9 Å². The number of nitrogens with zero attached hydrogens (tertiary/aromatic N) is 3. The van der Waals surface area contributed by atoms with Gasteiger partial charge >= 0.3 is 0 Å². The van der Waals surface area contributed by atoms with E-state index in [0.29, 0.717) is 12.4 Å². The van der Waals surface area contributed by atoms with E-state index in [9.17, 15) is 4.79 Å². The summed E-state index contributed by atoms with van der Waals surface area (Å²) in [7, 11) is 0. The first kappa shape index (κ1) is 15.1. The van der Waals surface area contributed by atoms with E-state index < -0.39 is 0 Å². The summed E-state index contributed by atoms with van der Waals surface area (Å²) in [4.78, 5) is 17.5. The van der Waals surface area contributed by atoms with Crippen LogP contribution in [0.3, 0.4) is 0 Å². The van der Waals surface area contributed by atoms with Gasteiger partial charge in [0.25, 0.3) is 0 Å². The Morgan fingerprint density at radius 2 is 1.65 bits per heavy atom. The van der Waals surface area contributed by atoms with E-state index in [1.54, 1.807) is 0 Å². The van der Waals surface area contributed by atoms with E-state index in [0.717, 1.165) is 16.8 Å². The van der Waals surface area contributed by atoms with Crippen LogP contribution < -0.4 is 5.32 Å². The van der Waals surface area contributed by atoms with Crippen LogP contribution >= 0.6 is 0 Å². The number of rotatable bonds is 2. The second-order valence-corrected chi connectivity index (χ2v) is 6.80. The lowest BCUT2D eigenvalue weighted by Crippen LogP contribution is -2.40. The number of ketones is 1. The van der Waals surface area contributed by atoms with Gasteiger partial charge in [-0.05, 0) is 11.1 Å². The number of benzene rings is 2. The van der Waals surface area contributed by atoms with Crippen molar-refractivity contribution >= 4 is 11.7 Å².